The number of hydrogen-bond acceptors (Lipinski definition) is 2. The first-order valence-corrected chi connectivity index (χ1v) is 6.10. The summed E-state index contributed by atoms with van der Waals surface area (Å²) in [5, 5.41) is 4.33. The highest BCUT2D eigenvalue weighted by Crippen LogP contribution is 2.31. The highest BCUT2D eigenvalue weighted by Gasteiger charge is 2.16. The zero-order valence-corrected chi connectivity index (χ0v) is 11.0. The lowest BCUT2D eigenvalue weighted by Gasteiger charge is -2.00. The normalized spacial score (nSPS) is 10.8. The predicted octanol–water partition coefficient (Wildman–Crippen LogP) is 2.49. The summed E-state index contributed by atoms with van der Waals surface area (Å²) in [7, 11) is 1.83. The van der Waals surface area contributed by atoms with E-state index in [9.17, 15) is 4.39 Å². The van der Waals surface area contributed by atoms with Crippen LogP contribution in [0.1, 0.15) is 5.69 Å². The summed E-state index contributed by atoms with van der Waals surface area (Å²) in [6.07, 6.45) is 0.707. The first-order valence-electron chi connectivity index (χ1n) is 5.31. The molecule has 0 fully saturated rings. The Bertz CT molecular complexity index is 537. The van der Waals surface area contributed by atoms with Crippen molar-refractivity contribution in [3.63, 3.8) is 0 Å². The zero-order chi connectivity index (χ0) is 12.4. The van der Waals surface area contributed by atoms with Gasteiger partial charge < -0.3 is 5.73 Å². The molecule has 0 radical (unpaired) electrons. The average molecular weight is 298 g/mol. The van der Waals surface area contributed by atoms with E-state index in [0.717, 1.165) is 10.2 Å². The van der Waals surface area contributed by atoms with Crippen LogP contribution in [0.3, 0.4) is 0 Å². The fourth-order valence-electron chi connectivity index (χ4n) is 1.77. The minimum absolute atomic E-state index is 0.273. The van der Waals surface area contributed by atoms with Crippen molar-refractivity contribution in [3.05, 3.63) is 40.2 Å². The summed E-state index contributed by atoms with van der Waals surface area (Å²) in [5.41, 5.74) is 7.64. The van der Waals surface area contributed by atoms with Gasteiger partial charge in [-0.2, -0.15) is 5.10 Å². The van der Waals surface area contributed by atoms with Gasteiger partial charge in [0.15, 0.2) is 0 Å². The van der Waals surface area contributed by atoms with E-state index in [1.807, 2.05) is 7.05 Å². The van der Waals surface area contributed by atoms with Gasteiger partial charge in [0.2, 0.25) is 0 Å². The molecule has 17 heavy (non-hydrogen) atoms. The van der Waals surface area contributed by atoms with Gasteiger partial charge in [0.1, 0.15) is 11.5 Å². The van der Waals surface area contributed by atoms with Crippen molar-refractivity contribution >= 4 is 15.9 Å². The molecule has 0 saturated carbocycles. The standard InChI is InChI=1S/C12H13BrFN3/c1-17-10(6-7-15)11(13)12(16-17)8-4-2-3-5-9(8)14/h2-5H,6-7,15H2,1H3. The molecule has 1 aromatic carbocycles. The van der Waals surface area contributed by atoms with Crippen LogP contribution in [0.15, 0.2) is 28.7 Å². The second kappa shape index (κ2) is 4.98. The number of hydrogen-bond donors (Lipinski definition) is 1. The molecule has 5 heteroatoms. The molecule has 90 valence electrons. The Kier molecular flexibility index (Phi) is 3.59. The predicted molar refractivity (Wildman–Crippen MR) is 69.1 cm³/mol. The largest absolute Gasteiger partial charge is 0.330 e. The summed E-state index contributed by atoms with van der Waals surface area (Å²) < 4.78 is 16.2. The first-order chi connectivity index (χ1) is 8.15. The molecule has 0 saturated heterocycles. The van der Waals surface area contributed by atoms with E-state index >= 15 is 0 Å². The van der Waals surface area contributed by atoms with Gasteiger partial charge in [-0.1, -0.05) is 12.1 Å². The number of aryl methyl sites for hydroxylation is 1. The molecule has 0 aliphatic carbocycles. The molecule has 0 spiro atoms. The molecule has 0 aliphatic rings. The van der Waals surface area contributed by atoms with Crippen LogP contribution in [0.5, 0.6) is 0 Å². The van der Waals surface area contributed by atoms with Gasteiger partial charge in [-0.25, -0.2) is 4.39 Å². The van der Waals surface area contributed by atoms with E-state index in [4.69, 9.17) is 5.73 Å². The average Bonchev–Trinajstić information content (AvgIpc) is 2.58. The molecule has 0 bridgehead atoms. The van der Waals surface area contributed by atoms with E-state index < -0.39 is 0 Å². The van der Waals surface area contributed by atoms with Crippen LogP contribution in [0.2, 0.25) is 0 Å². The zero-order valence-electron chi connectivity index (χ0n) is 9.45. The minimum atomic E-state index is -0.273. The van der Waals surface area contributed by atoms with Crippen molar-refractivity contribution in [2.45, 2.75) is 6.42 Å². The molecule has 0 atom stereocenters. The number of benzene rings is 1. The number of nitrogens with two attached hydrogens (primary N) is 1. The van der Waals surface area contributed by atoms with Gasteiger partial charge in [0, 0.05) is 19.0 Å². The molecular weight excluding hydrogens is 285 g/mol. The van der Waals surface area contributed by atoms with Gasteiger partial charge in [0.05, 0.1) is 10.2 Å². The summed E-state index contributed by atoms with van der Waals surface area (Å²) >= 11 is 3.47. The molecule has 2 N–H and O–H groups in total. The third-order valence-electron chi connectivity index (χ3n) is 2.61. The van der Waals surface area contributed by atoms with Crippen molar-refractivity contribution in [3.8, 4) is 11.3 Å². The Balaban J connectivity index is 2.54. The Hall–Kier alpha value is -1.20. The van der Waals surface area contributed by atoms with Crippen LogP contribution in [0.4, 0.5) is 4.39 Å². The van der Waals surface area contributed by atoms with Gasteiger partial charge in [-0.15, -0.1) is 0 Å². The van der Waals surface area contributed by atoms with E-state index in [2.05, 4.69) is 21.0 Å². The number of nitrogens with zero attached hydrogens (tertiary/aromatic N) is 2. The Morgan fingerprint density at radius 3 is 2.76 bits per heavy atom. The monoisotopic (exact) mass is 297 g/mol. The Morgan fingerprint density at radius 2 is 2.12 bits per heavy atom. The van der Waals surface area contributed by atoms with Crippen molar-refractivity contribution in [2.75, 3.05) is 6.54 Å². The molecular formula is C12H13BrFN3. The molecule has 0 aliphatic heterocycles. The summed E-state index contributed by atoms with van der Waals surface area (Å²) in [4.78, 5) is 0. The maximum atomic E-state index is 13.7. The van der Waals surface area contributed by atoms with Gasteiger partial charge >= 0.3 is 0 Å². The van der Waals surface area contributed by atoms with E-state index in [0.29, 0.717) is 24.2 Å². The molecule has 1 heterocycles. The fraction of sp³-hybridized carbons (Fsp3) is 0.250. The first kappa shape index (κ1) is 12.3. The fourth-order valence-corrected chi connectivity index (χ4v) is 2.51. The van der Waals surface area contributed by atoms with Gasteiger partial charge in [0.25, 0.3) is 0 Å². The number of rotatable bonds is 3. The smallest absolute Gasteiger partial charge is 0.132 e. The van der Waals surface area contributed by atoms with Crippen molar-refractivity contribution < 1.29 is 4.39 Å². The van der Waals surface area contributed by atoms with E-state index in [-0.39, 0.29) is 5.82 Å². The Labute approximate surface area is 108 Å². The molecule has 0 unspecified atom stereocenters. The van der Waals surface area contributed by atoms with Crippen LogP contribution in [-0.4, -0.2) is 16.3 Å². The van der Waals surface area contributed by atoms with Crippen molar-refractivity contribution in [1.82, 2.24) is 9.78 Å². The SMILES string of the molecule is Cn1nc(-c2ccccc2F)c(Br)c1CCN. The third-order valence-corrected chi connectivity index (χ3v) is 3.45. The van der Waals surface area contributed by atoms with Crippen LogP contribution in [0.25, 0.3) is 11.3 Å². The van der Waals surface area contributed by atoms with Crippen LogP contribution < -0.4 is 5.73 Å². The van der Waals surface area contributed by atoms with E-state index in [1.165, 1.54) is 6.07 Å². The second-order valence-electron chi connectivity index (χ2n) is 3.75. The van der Waals surface area contributed by atoms with Crippen molar-refractivity contribution in [2.24, 2.45) is 12.8 Å². The van der Waals surface area contributed by atoms with Crippen LogP contribution in [0, 0.1) is 5.82 Å². The number of aromatic nitrogens is 2. The minimum Gasteiger partial charge on any atom is -0.330 e. The maximum absolute atomic E-state index is 13.7. The third kappa shape index (κ3) is 2.25. The van der Waals surface area contributed by atoms with Gasteiger partial charge in [-0.3, -0.25) is 4.68 Å². The summed E-state index contributed by atoms with van der Waals surface area (Å²) in [6, 6.07) is 6.60. The summed E-state index contributed by atoms with van der Waals surface area (Å²) in [5.74, 6) is -0.273. The second-order valence-corrected chi connectivity index (χ2v) is 4.54. The molecule has 3 nitrogen and oxygen atoms in total. The lowest BCUT2D eigenvalue weighted by Crippen LogP contribution is -2.07. The lowest BCUT2D eigenvalue weighted by molar-refractivity contribution is 0.629. The van der Waals surface area contributed by atoms with Gasteiger partial charge in [-0.05, 0) is 34.6 Å². The van der Waals surface area contributed by atoms with Crippen molar-refractivity contribution in [1.29, 1.82) is 0 Å². The molecule has 0 amide bonds. The highest BCUT2D eigenvalue weighted by atomic mass is 79.9. The quantitative estimate of drug-likeness (QED) is 0.946. The number of halogens is 2. The van der Waals surface area contributed by atoms with Crippen LogP contribution >= 0.6 is 15.9 Å². The summed E-state index contributed by atoms with van der Waals surface area (Å²) in [6.45, 7) is 0.537. The molecule has 2 aromatic rings. The topological polar surface area (TPSA) is 43.8 Å². The lowest BCUT2D eigenvalue weighted by atomic mass is 10.1. The highest BCUT2D eigenvalue weighted by molar-refractivity contribution is 9.10. The van der Waals surface area contributed by atoms with Crippen LogP contribution in [-0.2, 0) is 13.5 Å². The Morgan fingerprint density at radius 1 is 1.41 bits per heavy atom. The maximum Gasteiger partial charge on any atom is 0.132 e. The molecule has 2 rings (SSSR count). The van der Waals surface area contributed by atoms with E-state index in [1.54, 1.807) is 22.9 Å². The molecule has 1 aromatic heterocycles.